The number of likely N-dealkylation sites (tertiary alicyclic amines) is 1. The van der Waals surface area contributed by atoms with Crippen molar-refractivity contribution in [2.45, 2.75) is 25.1 Å². The van der Waals surface area contributed by atoms with Gasteiger partial charge in [-0.1, -0.05) is 0 Å². The summed E-state index contributed by atoms with van der Waals surface area (Å²) in [5.74, 6) is -1.49. The number of halogens is 2. The van der Waals surface area contributed by atoms with E-state index in [0.717, 1.165) is 17.0 Å². The molecule has 1 aromatic heterocycles. The SMILES string of the molecule is NC(=O)c1csc(CN2CC(O)CC2c2cc(F)ccc2F)c1. The fraction of sp³-hybridized carbons (Fsp3) is 0.312. The zero-order valence-corrected chi connectivity index (χ0v) is 13.0. The average Bonchev–Trinajstić information content (AvgIpc) is 3.09. The van der Waals surface area contributed by atoms with Crippen LogP contribution in [0.15, 0.2) is 29.6 Å². The maximum Gasteiger partial charge on any atom is 0.249 e. The Morgan fingerprint density at radius 1 is 1.39 bits per heavy atom. The Morgan fingerprint density at radius 2 is 2.17 bits per heavy atom. The molecule has 4 nitrogen and oxygen atoms in total. The highest BCUT2D eigenvalue weighted by Gasteiger charge is 2.34. The van der Waals surface area contributed by atoms with Gasteiger partial charge in [0.25, 0.3) is 0 Å². The Hall–Kier alpha value is -1.83. The summed E-state index contributed by atoms with van der Waals surface area (Å²) in [6, 6.07) is 4.64. The van der Waals surface area contributed by atoms with Crippen LogP contribution in [0.1, 0.15) is 33.3 Å². The molecule has 122 valence electrons. The van der Waals surface area contributed by atoms with Crippen LogP contribution in [-0.2, 0) is 6.54 Å². The molecule has 0 spiro atoms. The van der Waals surface area contributed by atoms with E-state index in [1.54, 1.807) is 11.4 Å². The first-order valence-corrected chi connectivity index (χ1v) is 8.06. The Morgan fingerprint density at radius 3 is 2.87 bits per heavy atom. The number of primary amides is 1. The lowest BCUT2D eigenvalue weighted by Gasteiger charge is -2.24. The second kappa shape index (κ2) is 6.35. The molecule has 1 aromatic carbocycles. The van der Waals surface area contributed by atoms with Crippen LogP contribution in [0.4, 0.5) is 8.78 Å². The molecule has 0 bridgehead atoms. The first-order valence-electron chi connectivity index (χ1n) is 7.18. The average molecular weight is 338 g/mol. The summed E-state index contributed by atoms with van der Waals surface area (Å²) in [5, 5.41) is 11.6. The van der Waals surface area contributed by atoms with Crippen molar-refractivity contribution in [2.75, 3.05) is 6.54 Å². The first kappa shape index (κ1) is 16.0. The van der Waals surface area contributed by atoms with Crippen molar-refractivity contribution >= 4 is 17.2 Å². The van der Waals surface area contributed by atoms with E-state index >= 15 is 0 Å². The third-order valence-electron chi connectivity index (χ3n) is 4.00. The van der Waals surface area contributed by atoms with Gasteiger partial charge >= 0.3 is 0 Å². The number of nitrogens with zero attached hydrogens (tertiary/aromatic N) is 1. The van der Waals surface area contributed by atoms with Crippen LogP contribution in [0, 0.1) is 11.6 Å². The van der Waals surface area contributed by atoms with E-state index in [0.29, 0.717) is 25.1 Å². The van der Waals surface area contributed by atoms with Gasteiger partial charge in [0.1, 0.15) is 11.6 Å². The van der Waals surface area contributed by atoms with Crippen molar-refractivity contribution in [3.05, 3.63) is 57.3 Å². The van der Waals surface area contributed by atoms with Crippen LogP contribution in [0.2, 0.25) is 0 Å². The molecule has 2 heterocycles. The summed E-state index contributed by atoms with van der Waals surface area (Å²) in [5.41, 5.74) is 5.91. The van der Waals surface area contributed by atoms with E-state index < -0.39 is 29.7 Å². The second-order valence-electron chi connectivity index (χ2n) is 5.67. The van der Waals surface area contributed by atoms with Gasteiger partial charge < -0.3 is 10.8 Å². The number of nitrogens with two attached hydrogens (primary N) is 1. The zero-order valence-electron chi connectivity index (χ0n) is 12.2. The molecular weight excluding hydrogens is 322 g/mol. The van der Waals surface area contributed by atoms with E-state index in [4.69, 9.17) is 5.73 Å². The molecule has 1 aliphatic rings. The van der Waals surface area contributed by atoms with Crippen molar-refractivity contribution in [3.8, 4) is 0 Å². The van der Waals surface area contributed by atoms with Gasteiger partial charge in [0.05, 0.1) is 11.7 Å². The fourth-order valence-electron chi connectivity index (χ4n) is 2.94. The molecule has 0 aliphatic carbocycles. The molecule has 3 rings (SSSR count). The number of rotatable bonds is 4. The van der Waals surface area contributed by atoms with Crippen molar-refractivity contribution < 1.29 is 18.7 Å². The molecule has 2 unspecified atom stereocenters. The number of thiophene rings is 1. The standard InChI is InChI=1S/C16H16F2N2O2S/c17-10-1-2-14(18)13(4-10)15-5-11(21)6-20(15)7-12-3-9(8-23-12)16(19)22/h1-4,8,11,15,21H,5-7H2,(H2,19,22). The molecule has 0 saturated carbocycles. The van der Waals surface area contributed by atoms with E-state index in [1.165, 1.54) is 17.4 Å². The number of benzene rings is 1. The van der Waals surface area contributed by atoms with E-state index in [2.05, 4.69) is 0 Å². The predicted molar refractivity (Wildman–Crippen MR) is 83.0 cm³/mol. The topological polar surface area (TPSA) is 66.6 Å². The van der Waals surface area contributed by atoms with Crippen LogP contribution in [0.3, 0.4) is 0 Å². The number of aliphatic hydroxyl groups excluding tert-OH is 1. The van der Waals surface area contributed by atoms with Gasteiger partial charge in [0.2, 0.25) is 5.91 Å². The van der Waals surface area contributed by atoms with Crippen LogP contribution in [0.5, 0.6) is 0 Å². The largest absolute Gasteiger partial charge is 0.392 e. The first-order chi connectivity index (χ1) is 10.9. The maximum absolute atomic E-state index is 14.0. The summed E-state index contributed by atoms with van der Waals surface area (Å²) >= 11 is 1.38. The Balaban J connectivity index is 1.84. The van der Waals surface area contributed by atoms with E-state index in [9.17, 15) is 18.7 Å². The highest BCUT2D eigenvalue weighted by molar-refractivity contribution is 7.10. The molecule has 0 radical (unpaired) electrons. The predicted octanol–water partition coefficient (Wildman–Crippen LogP) is 2.43. The Bertz CT molecular complexity index is 735. The zero-order chi connectivity index (χ0) is 16.6. The quantitative estimate of drug-likeness (QED) is 0.900. The molecule has 7 heteroatoms. The highest BCUT2D eigenvalue weighted by Crippen LogP contribution is 2.35. The summed E-state index contributed by atoms with van der Waals surface area (Å²) in [4.78, 5) is 13.9. The van der Waals surface area contributed by atoms with Gasteiger partial charge in [-0.2, -0.15) is 0 Å². The lowest BCUT2D eigenvalue weighted by atomic mass is 10.0. The van der Waals surface area contributed by atoms with Gasteiger partial charge in [-0.3, -0.25) is 9.69 Å². The fourth-order valence-corrected chi connectivity index (χ4v) is 3.84. The Kier molecular flexibility index (Phi) is 4.43. The monoisotopic (exact) mass is 338 g/mol. The minimum absolute atomic E-state index is 0.244. The molecular formula is C16H16F2N2O2S. The molecule has 2 aromatic rings. The summed E-state index contributed by atoms with van der Waals surface area (Å²) < 4.78 is 27.5. The summed E-state index contributed by atoms with van der Waals surface area (Å²) in [7, 11) is 0. The number of aliphatic hydroxyl groups is 1. The van der Waals surface area contributed by atoms with Crippen molar-refractivity contribution in [3.63, 3.8) is 0 Å². The van der Waals surface area contributed by atoms with Gasteiger partial charge in [0, 0.05) is 35.0 Å². The maximum atomic E-state index is 14.0. The van der Waals surface area contributed by atoms with Crippen LogP contribution in [-0.4, -0.2) is 28.6 Å². The molecule has 1 fully saturated rings. The molecule has 1 saturated heterocycles. The summed E-state index contributed by atoms with van der Waals surface area (Å²) in [6.07, 6.45) is -0.257. The number of hydrogen-bond donors (Lipinski definition) is 2. The third-order valence-corrected chi connectivity index (χ3v) is 4.92. The van der Waals surface area contributed by atoms with Crippen LogP contribution in [0.25, 0.3) is 0 Å². The van der Waals surface area contributed by atoms with Crippen molar-refractivity contribution in [1.29, 1.82) is 0 Å². The Labute approximate surface area is 136 Å². The van der Waals surface area contributed by atoms with Gasteiger partial charge in [0.15, 0.2) is 0 Å². The normalized spacial score (nSPS) is 21.7. The number of carbonyl (C=O) groups is 1. The summed E-state index contributed by atoms with van der Waals surface area (Å²) in [6.45, 7) is 0.806. The molecule has 1 amide bonds. The second-order valence-corrected chi connectivity index (χ2v) is 6.66. The van der Waals surface area contributed by atoms with Crippen LogP contribution >= 0.6 is 11.3 Å². The molecule has 23 heavy (non-hydrogen) atoms. The number of amides is 1. The van der Waals surface area contributed by atoms with Gasteiger partial charge in [-0.25, -0.2) is 8.78 Å². The van der Waals surface area contributed by atoms with Crippen molar-refractivity contribution in [1.82, 2.24) is 4.90 Å². The van der Waals surface area contributed by atoms with Gasteiger partial charge in [-0.15, -0.1) is 11.3 Å². The molecule has 3 N–H and O–H groups in total. The lowest BCUT2D eigenvalue weighted by molar-refractivity contribution is 0.100. The van der Waals surface area contributed by atoms with Crippen LogP contribution < -0.4 is 5.73 Å². The van der Waals surface area contributed by atoms with Crippen molar-refractivity contribution in [2.24, 2.45) is 5.73 Å². The van der Waals surface area contributed by atoms with Gasteiger partial charge in [-0.05, 0) is 30.7 Å². The third kappa shape index (κ3) is 3.41. The highest BCUT2D eigenvalue weighted by atomic mass is 32.1. The molecule has 1 aliphatic heterocycles. The number of β-amino-alcohol motifs (C(OH)–C–C–N with tert-alkyl or cyclic N) is 1. The smallest absolute Gasteiger partial charge is 0.249 e. The van der Waals surface area contributed by atoms with E-state index in [-0.39, 0.29) is 5.56 Å². The minimum atomic E-state index is -0.599. The lowest BCUT2D eigenvalue weighted by Crippen LogP contribution is -2.24. The van der Waals surface area contributed by atoms with E-state index in [1.807, 2.05) is 4.90 Å². The molecule has 2 atom stereocenters. The minimum Gasteiger partial charge on any atom is -0.392 e. The number of carbonyl (C=O) groups excluding carboxylic acids is 1. The number of hydrogen-bond acceptors (Lipinski definition) is 4.